The Kier molecular flexibility index (Phi) is 6.21. The van der Waals surface area contributed by atoms with E-state index in [1.807, 2.05) is 6.08 Å². The van der Waals surface area contributed by atoms with Gasteiger partial charge in [0.25, 0.3) is 0 Å². The molecule has 1 aromatic heterocycles. The summed E-state index contributed by atoms with van der Waals surface area (Å²) in [7, 11) is 0. The van der Waals surface area contributed by atoms with Crippen molar-refractivity contribution < 1.29 is 0 Å². The van der Waals surface area contributed by atoms with Crippen LogP contribution in [0.4, 0.5) is 5.82 Å². The van der Waals surface area contributed by atoms with Crippen molar-refractivity contribution in [3.05, 3.63) is 36.0 Å². The highest BCUT2D eigenvalue weighted by Crippen LogP contribution is 2.16. The Morgan fingerprint density at radius 3 is 2.50 bits per heavy atom. The smallest absolute Gasteiger partial charge is 0.129 e. The molecule has 1 aromatic rings. The predicted octanol–water partition coefficient (Wildman–Crippen LogP) is 3.54. The van der Waals surface area contributed by atoms with Crippen LogP contribution in [0, 0.1) is 0 Å². The number of rotatable bonds is 7. The van der Waals surface area contributed by atoms with Gasteiger partial charge in [-0.2, -0.15) is 0 Å². The first-order chi connectivity index (χ1) is 9.39. The van der Waals surface area contributed by atoms with Crippen LogP contribution < -0.4 is 10.2 Å². The fraction of sp³-hybridized carbons (Fsp3) is 0.588. The lowest BCUT2D eigenvalue weighted by atomic mass is 10.1. The Morgan fingerprint density at radius 1 is 1.30 bits per heavy atom. The largest absolute Gasteiger partial charge is 0.353 e. The van der Waals surface area contributed by atoms with Gasteiger partial charge < -0.3 is 10.2 Å². The summed E-state index contributed by atoms with van der Waals surface area (Å²) in [5, 5.41) is 3.54. The van der Waals surface area contributed by atoms with Gasteiger partial charge in [-0.3, -0.25) is 0 Å². The quantitative estimate of drug-likeness (QED) is 0.771. The van der Waals surface area contributed by atoms with Crippen molar-refractivity contribution in [3.8, 4) is 0 Å². The van der Waals surface area contributed by atoms with Gasteiger partial charge >= 0.3 is 0 Å². The fourth-order valence-electron chi connectivity index (χ4n) is 1.99. The Bertz CT molecular complexity index is 432. The molecular formula is C17H29N3. The van der Waals surface area contributed by atoms with E-state index in [0.29, 0.717) is 0 Å². The van der Waals surface area contributed by atoms with E-state index in [0.717, 1.165) is 37.6 Å². The summed E-state index contributed by atoms with van der Waals surface area (Å²) < 4.78 is 0. The Balaban J connectivity index is 2.98. The molecule has 0 radical (unpaired) electrons. The predicted molar refractivity (Wildman–Crippen MR) is 88.3 cm³/mol. The second kappa shape index (κ2) is 7.44. The molecule has 0 spiro atoms. The zero-order chi connectivity index (χ0) is 15.2. The van der Waals surface area contributed by atoms with Crippen molar-refractivity contribution in [3.63, 3.8) is 0 Å². The summed E-state index contributed by atoms with van der Waals surface area (Å²) >= 11 is 0. The topological polar surface area (TPSA) is 28.2 Å². The van der Waals surface area contributed by atoms with Crippen LogP contribution in [0.5, 0.6) is 0 Å². The Labute approximate surface area is 124 Å². The van der Waals surface area contributed by atoms with Crippen LogP contribution in [0.1, 0.15) is 45.9 Å². The van der Waals surface area contributed by atoms with Gasteiger partial charge in [0, 0.05) is 30.9 Å². The van der Waals surface area contributed by atoms with Gasteiger partial charge in [0.05, 0.1) is 0 Å². The monoisotopic (exact) mass is 275 g/mol. The first kappa shape index (κ1) is 16.7. The molecule has 3 nitrogen and oxygen atoms in total. The second-order valence-electron chi connectivity index (χ2n) is 6.11. The SMILES string of the molecule is C=CCN(CC)c1cc(CNC(C)(C)C)cc(CC)n1. The lowest BCUT2D eigenvalue weighted by molar-refractivity contribution is 0.424. The molecular weight excluding hydrogens is 246 g/mol. The maximum Gasteiger partial charge on any atom is 0.129 e. The van der Waals surface area contributed by atoms with Crippen LogP contribution in [0.25, 0.3) is 0 Å². The van der Waals surface area contributed by atoms with Gasteiger partial charge in [-0.15, -0.1) is 6.58 Å². The molecule has 0 aliphatic heterocycles. The minimum atomic E-state index is 0.126. The van der Waals surface area contributed by atoms with Crippen molar-refractivity contribution in [2.75, 3.05) is 18.0 Å². The molecule has 0 unspecified atom stereocenters. The third-order valence-corrected chi connectivity index (χ3v) is 3.16. The van der Waals surface area contributed by atoms with Gasteiger partial charge in [-0.05, 0) is 51.8 Å². The van der Waals surface area contributed by atoms with Crippen LogP contribution in [0.3, 0.4) is 0 Å². The maximum absolute atomic E-state index is 4.74. The molecule has 0 saturated heterocycles. The van der Waals surface area contributed by atoms with E-state index in [1.54, 1.807) is 0 Å². The highest BCUT2D eigenvalue weighted by atomic mass is 15.2. The van der Waals surface area contributed by atoms with Crippen molar-refractivity contribution in [1.82, 2.24) is 10.3 Å². The summed E-state index contributed by atoms with van der Waals surface area (Å²) in [5.74, 6) is 1.05. The summed E-state index contributed by atoms with van der Waals surface area (Å²) in [6, 6.07) is 4.38. The minimum Gasteiger partial charge on any atom is -0.353 e. The van der Waals surface area contributed by atoms with Crippen molar-refractivity contribution in [2.45, 2.75) is 53.1 Å². The lowest BCUT2D eigenvalue weighted by Crippen LogP contribution is -2.35. The molecule has 1 heterocycles. The molecule has 0 amide bonds. The van der Waals surface area contributed by atoms with E-state index in [-0.39, 0.29) is 5.54 Å². The fourth-order valence-corrected chi connectivity index (χ4v) is 1.99. The van der Waals surface area contributed by atoms with Gasteiger partial charge in [0.1, 0.15) is 5.82 Å². The molecule has 0 aliphatic carbocycles. The summed E-state index contributed by atoms with van der Waals surface area (Å²) in [6.45, 7) is 17.3. The van der Waals surface area contributed by atoms with Gasteiger partial charge in [-0.25, -0.2) is 4.98 Å². The summed E-state index contributed by atoms with van der Waals surface area (Å²) in [6.07, 6.45) is 2.89. The van der Waals surface area contributed by atoms with Gasteiger partial charge in [0.2, 0.25) is 0 Å². The maximum atomic E-state index is 4.74. The first-order valence-corrected chi connectivity index (χ1v) is 7.50. The molecule has 1 rings (SSSR count). The van der Waals surface area contributed by atoms with Crippen molar-refractivity contribution in [1.29, 1.82) is 0 Å². The minimum absolute atomic E-state index is 0.126. The van der Waals surface area contributed by atoms with Gasteiger partial charge in [-0.1, -0.05) is 13.0 Å². The van der Waals surface area contributed by atoms with E-state index >= 15 is 0 Å². The lowest BCUT2D eigenvalue weighted by Gasteiger charge is -2.24. The highest BCUT2D eigenvalue weighted by molar-refractivity contribution is 5.43. The Morgan fingerprint density at radius 2 is 2.00 bits per heavy atom. The number of hydrogen-bond donors (Lipinski definition) is 1. The molecule has 0 atom stereocenters. The Hall–Kier alpha value is -1.35. The molecule has 0 aliphatic rings. The normalized spacial score (nSPS) is 11.4. The number of aryl methyl sites for hydroxylation is 1. The van der Waals surface area contributed by atoms with E-state index < -0.39 is 0 Å². The second-order valence-corrected chi connectivity index (χ2v) is 6.11. The van der Waals surface area contributed by atoms with Crippen LogP contribution in [-0.4, -0.2) is 23.6 Å². The number of hydrogen-bond acceptors (Lipinski definition) is 3. The average molecular weight is 275 g/mol. The van der Waals surface area contributed by atoms with Gasteiger partial charge in [0.15, 0.2) is 0 Å². The van der Waals surface area contributed by atoms with E-state index in [9.17, 15) is 0 Å². The molecule has 3 heteroatoms. The zero-order valence-corrected chi connectivity index (χ0v) is 13.7. The average Bonchev–Trinajstić information content (AvgIpc) is 2.41. The van der Waals surface area contributed by atoms with Crippen molar-refractivity contribution >= 4 is 5.82 Å². The number of anilines is 1. The van der Waals surface area contributed by atoms with E-state index in [2.05, 4.69) is 63.5 Å². The zero-order valence-electron chi connectivity index (χ0n) is 13.7. The third kappa shape index (κ3) is 5.33. The molecule has 0 aromatic carbocycles. The van der Waals surface area contributed by atoms with Crippen LogP contribution >= 0.6 is 0 Å². The highest BCUT2D eigenvalue weighted by Gasteiger charge is 2.11. The van der Waals surface area contributed by atoms with Crippen LogP contribution in [0.2, 0.25) is 0 Å². The molecule has 20 heavy (non-hydrogen) atoms. The van der Waals surface area contributed by atoms with Crippen LogP contribution in [0.15, 0.2) is 24.8 Å². The first-order valence-electron chi connectivity index (χ1n) is 7.50. The third-order valence-electron chi connectivity index (χ3n) is 3.16. The number of nitrogens with one attached hydrogen (secondary N) is 1. The number of likely N-dealkylation sites (N-methyl/N-ethyl adjacent to an activating group) is 1. The van der Waals surface area contributed by atoms with E-state index in [1.165, 1.54) is 5.56 Å². The molecule has 0 fully saturated rings. The summed E-state index contributed by atoms with van der Waals surface area (Å²) in [5.41, 5.74) is 2.57. The standard InChI is InChI=1S/C17H29N3/c1-7-10-20(9-3)16-12-14(11-15(8-2)19-16)13-18-17(4,5)6/h7,11-12,18H,1,8-10,13H2,2-6H3. The number of aromatic nitrogens is 1. The summed E-state index contributed by atoms with van der Waals surface area (Å²) in [4.78, 5) is 6.98. The molecule has 1 N–H and O–H groups in total. The van der Waals surface area contributed by atoms with Crippen molar-refractivity contribution in [2.24, 2.45) is 0 Å². The molecule has 0 saturated carbocycles. The number of nitrogens with zero attached hydrogens (tertiary/aromatic N) is 2. The molecule has 0 bridgehead atoms. The van der Waals surface area contributed by atoms with Crippen LogP contribution in [-0.2, 0) is 13.0 Å². The molecule has 112 valence electrons. The number of pyridine rings is 1. The van der Waals surface area contributed by atoms with E-state index in [4.69, 9.17) is 4.98 Å².